The molecule has 0 N–H and O–H groups in total. The van der Waals surface area contributed by atoms with Crippen LogP contribution in [0.15, 0.2) is 90.5 Å². The SMILES string of the molecule is Cc1cc(C)c(N2CCN(c3c(C)cc(C)cc3C)C2=P(C2CCCCC2)(C2CCCCC2)C2(Cl)CCCC(Cl)C2=C2C=C(c3ccccc3)c3ccccc32)c(C)c1.[Ru]. The average molecular weight is 945 g/mol. The molecule has 318 valence electrons. The minimum atomic E-state index is -2.42. The molecule has 0 bridgehead atoms. The van der Waals surface area contributed by atoms with Crippen LogP contribution < -0.4 is 9.80 Å². The summed E-state index contributed by atoms with van der Waals surface area (Å²) in [5.41, 5.74) is 21.5. The van der Waals surface area contributed by atoms with Gasteiger partial charge in [-0.1, -0.05) is 129 Å². The van der Waals surface area contributed by atoms with Crippen LogP contribution in [0.3, 0.4) is 0 Å². The van der Waals surface area contributed by atoms with Gasteiger partial charge in [-0.15, -0.1) is 23.2 Å². The molecule has 3 saturated carbocycles. The molecule has 0 aromatic heterocycles. The van der Waals surface area contributed by atoms with E-state index in [4.69, 9.17) is 11.6 Å². The third-order valence-corrected chi connectivity index (χ3v) is 22.7. The summed E-state index contributed by atoms with van der Waals surface area (Å²) in [4.78, 5) is 5.77. The number of alkyl halides is 2. The Hall–Kier alpha value is -2.54. The zero-order valence-electron chi connectivity index (χ0n) is 36.9. The fourth-order valence-electron chi connectivity index (χ4n) is 13.0. The molecule has 4 aliphatic carbocycles. The second-order valence-electron chi connectivity index (χ2n) is 18.9. The molecule has 2 nitrogen and oxygen atoms in total. The van der Waals surface area contributed by atoms with Crippen LogP contribution in [0.1, 0.15) is 134 Å². The Balaban J connectivity index is 0.00000499. The number of anilines is 2. The molecular formula is C54H65Cl2N2PRu. The molecule has 6 heteroatoms. The van der Waals surface area contributed by atoms with Gasteiger partial charge in [-0.05, 0) is 166 Å². The van der Waals surface area contributed by atoms with Gasteiger partial charge in [0.05, 0.1) is 9.99 Å². The quantitative estimate of drug-likeness (QED) is 0.108. The van der Waals surface area contributed by atoms with Gasteiger partial charge in [-0.2, -0.15) is 0 Å². The molecule has 5 aliphatic rings. The monoisotopic (exact) mass is 944 g/mol. The molecule has 4 fully saturated rings. The van der Waals surface area contributed by atoms with Gasteiger partial charge in [0.2, 0.25) is 0 Å². The van der Waals surface area contributed by atoms with Crippen molar-refractivity contribution >= 4 is 58.2 Å². The van der Waals surface area contributed by atoms with Crippen molar-refractivity contribution in [2.24, 2.45) is 0 Å². The molecule has 1 saturated heterocycles. The number of rotatable bonds is 6. The number of hydrogen-bond donors (Lipinski definition) is 0. The summed E-state index contributed by atoms with van der Waals surface area (Å²) in [5.74, 6) is 0. The fourth-order valence-corrected chi connectivity index (χ4v) is 22.5. The molecule has 4 aromatic rings. The molecule has 0 amide bonds. The van der Waals surface area contributed by atoms with Gasteiger partial charge in [-0.3, -0.25) is 0 Å². The van der Waals surface area contributed by atoms with Crippen LogP contribution in [0.5, 0.6) is 0 Å². The molecule has 4 aromatic carbocycles. The number of aryl methyl sites for hydroxylation is 6. The third kappa shape index (κ3) is 7.36. The topological polar surface area (TPSA) is 6.48 Å². The predicted octanol–water partition coefficient (Wildman–Crippen LogP) is 15.3. The van der Waals surface area contributed by atoms with E-state index in [0.717, 1.165) is 32.4 Å². The van der Waals surface area contributed by atoms with Crippen LogP contribution in [-0.2, 0) is 19.5 Å². The van der Waals surface area contributed by atoms with Crippen LogP contribution in [0.2, 0.25) is 0 Å². The van der Waals surface area contributed by atoms with Crippen LogP contribution in [0, 0.1) is 41.5 Å². The van der Waals surface area contributed by atoms with Gasteiger partial charge in [-0.25, -0.2) is 0 Å². The van der Waals surface area contributed by atoms with E-state index in [9.17, 15) is 11.6 Å². The Labute approximate surface area is 384 Å². The smallest absolute Gasteiger partial charge is 0.110 e. The van der Waals surface area contributed by atoms with Crippen molar-refractivity contribution < 1.29 is 19.5 Å². The van der Waals surface area contributed by atoms with Crippen LogP contribution in [0.25, 0.3) is 11.1 Å². The Morgan fingerprint density at radius 2 is 1.05 bits per heavy atom. The second kappa shape index (κ2) is 17.9. The van der Waals surface area contributed by atoms with Gasteiger partial charge in [0.1, 0.15) is 5.54 Å². The maximum absolute atomic E-state index is 9.36. The first kappa shape index (κ1) is 44.1. The summed E-state index contributed by atoms with van der Waals surface area (Å²) in [5, 5.41) is -0.128. The maximum Gasteiger partial charge on any atom is 0.110 e. The molecule has 0 spiro atoms. The fraction of sp³-hybridized carbons (Fsp3) is 0.463. The van der Waals surface area contributed by atoms with E-state index in [2.05, 4.69) is 136 Å². The first-order valence-corrected chi connectivity index (χ1v) is 25.7. The first-order valence-electron chi connectivity index (χ1n) is 23.0. The van der Waals surface area contributed by atoms with Crippen molar-refractivity contribution in [2.45, 2.75) is 146 Å². The predicted molar refractivity (Wildman–Crippen MR) is 261 cm³/mol. The summed E-state index contributed by atoms with van der Waals surface area (Å²) in [6, 6.07) is 29.9. The molecule has 9 rings (SSSR count). The van der Waals surface area contributed by atoms with Crippen molar-refractivity contribution in [1.82, 2.24) is 0 Å². The van der Waals surface area contributed by atoms with E-state index in [1.807, 2.05) is 0 Å². The Kier molecular flexibility index (Phi) is 13.2. The molecule has 1 aliphatic heterocycles. The Morgan fingerprint density at radius 1 is 0.583 bits per heavy atom. The summed E-state index contributed by atoms with van der Waals surface area (Å²) in [6.45, 7) is 13.5. The maximum atomic E-state index is 9.36. The normalized spacial score (nSPS) is 24.1. The number of benzene rings is 4. The number of halogens is 2. The molecule has 2 unspecified atom stereocenters. The van der Waals surface area contributed by atoms with Crippen LogP contribution in [-0.4, -0.2) is 39.9 Å². The van der Waals surface area contributed by atoms with E-state index >= 15 is 0 Å². The summed E-state index contributed by atoms with van der Waals surface area (Å²) < 4.78 is -0.595. The minimum absolute atomic E-state index is 0. The van der Waals surface area contributed by atoms with Crippen molar-refractivity contribution in [2.75, 3.05) is 22.9 Å². The number of nitrogens with zero attached hydrogens (tertiary/aromatic N) is 2. The number of hydrogen-bond acceptors (Lipinski definition) is 0. The van der Waals surface area contributed by atoms with E-state index < -0.39 is 11.5 Å². The van der Waals surface area contributed by atoms with Crippen LogP contribution in [0.4, 0.5) is 11.4 Å². The molecule has 60 heavy (non-hydrogen) atoms. The van der Waals surface area contributed by atoms with Gasteiger partial charge in [0.25, 0.3) is 0 Å². The van der Waals surface area contributed by atoms with E-state index in [-0.39, 0.29) is 24.9 Å². The zero-order chi connectivity index (χ0) is 41.1. The summed E-state index contributed by atoms with van der Waals surface area (Å²) in [7, 11) is 0. The van der Waals surface area contributed by atoms with Crippen LogP contribution >= 0.6 is 30.1 Å². The average Bonchev–Trinajstić information content (AvgIpc) is 3.81. The third-order valence-electron chi connectivity index (χ3n) is 14.9. The molecule has 2 atom stereocenters. The summed E-state index contributed by atoms with van der Waals surface area (Å²) >= 11 is 17.4. The Morgan fingerprint density at radius 3 is 1.55 bits per heavy atom. The van der Waals surface area contributed by atoms with E-state index in [1.165, 1.54) is 142 Å². The number of allylic oxidation sites excluding steroid dienone is 3. The van der Waals surface area contributed by atoms with Crippen molar-refractivity contribution in [3.8, 4) is 0 Å². The summed E-state index contributed by atoms with van der Waals surface area (Å²) in [6.07, 6.45) is 18.4. The first-order chi connectivity index (χ1) is 28.5. The molecule has 0 radical (unpaired) electrons. The van der Waals surface area contributed by atoms with Gasteiger partial charge in [0, 0.05) is 43.9 Å². The van der Waals surface area contributed by atoms with Gasteiger partial charge < -0.3 is 9.80 Å². The Bertz CT molecular complexity index is 2230. The minimum Gasteiger partial charge on any atom is -0.326 e. The van der Waals surface area contributed by atoms with Crippen molar-refractivity contribution in [3.05, 3.63) is 141 Å². The molecule has 1 heterocycles. The zero-order valence-corrected chi connectivity index (χ0v) is 41.0. The van der Waals surface area contributed by atoms with Crippen molar-refractivity contribution in [3.63, 3.8) is 0 Å². The number of fused-ring (bicyclic) bond motifs is 1. The van der Waals surface area contributed by atoms with Crippen molar-refractivity contribution in [1.29, 1.82) is 0 Å². The second-order valence-corrected chi connectivity index (χ2v) is 24.5. The van der Waals surface area contributed by atoms with E-state index in [0.29, 0.717) is 11.3 Å². The van der Waals surface area contributed by atoms with Gasteiger partial charge >= 0.3 is 0 Å². The van der Waals surface area contributed by atoms with Gasteiger partial charge in [0.15, 0.2) is 0 Å². The van der Waals surface area contributed by atoms with E-state index in [1.54, 1.807) is 5.54 Å². The largest absolute Gasteiger partial charge is 0.326 e. The standard InChI is InChI=1S/C54H65Cl2N2P.Ru/c1-36-31-38(3)51(39(4)32-36)57-29-30-58(52-40(5)33-37(2)34-41(52)6)53(57)59(43-21-12-8-13-22-43,44-23-14-9-15-24-44)54(56)28-18-27-49(55)50(54)48-35-47(42-19-10-7-11-20-42)45-25-16-17-26-46(45)48;/h7,10-11,16-17,19-20,25-26,31-35,43-44,49H,8-9,12-15,18,21-24,27-30H2,1-6H3;. The molecular weight excluding hydrogens is 880 g/mol.